The molecule has 2 heteroatoms. The first-order valence-corrected chi connectivity index (χ1v) is 14.4. The van der Waals surface area contributed by atoms with Gasteiger partial charge in [0, 0.05) is 5.69 Å². The Labute approximate surface area is 243 Å². The molecular weight excluding hydrogens is 498 g/mol. The summed E-state index contributed by atoms with van der Waals surface area (Å²) in [7, 11) is 0. The number of nitrogens with zero attached hydrogens (tertiary/aromatic N) is 1. The molecule has 2 nitrogen and oxygen atoms in total. The summed E-state index contributed by atoms with van der Waals surface area (Å²) in [6.07, 6.45) is 19.2. The first-order valence-electron chi connectivity index (χ1n) is 14.4. The molecule has 41 heavy (non-hydrogen) atoms. The maximum Gasteiger partial charge on any atom is 0.127 e. The van der Waals surface area contributed by atoms with Gasteiger partial charge in [-0.2, -0.15) is 0 Å². The third-order valence-corrected chi connectivity index (χ3v) is 7.75. The van der Waals surface area contributed by atoms with Crippen molar-refractivity contribution in [3.63, 3.8) is 0 Å². The normalized spacial score (nSPS) is 19.3. The summed E-state index contributed by atoms with van der Waals surface area (Å²) in [5.41, 5.74) is 6.12. The van der Waals surface area contributed by atoms with Crippen LogP contribution in [0.5, 0.6) is 11.5 Å². The summed E-state index contributed by atoms with van der Waals surface area (Å²) in [6.45, 7) is 2.30. The molecule has 2 aliphatic rings. The Bertz CT molecular complexity index is 1540. The number of allylic oxidation sites excluding steroid dienone is 5. The highest BCUT2D eigenvalue weighted by atomic mass is 16.5. The second kappa shape index (κ2) is 12.6. The van der Waals surface area contributed by atoms with E-state index in [4.69, 9.17) is 4.74 Å². The van der Waals surface area contributed by atoms with Gasteiger partial charge in [-0.25, -0.2) is 0 Å². The lowest BCUT2D eigenvalue weighted by atomic mass is 9.90. The fraction of sp³-hybridized carbons (Fsp3) is 0.128. The fourth-order valence-electron chi connectivity index (χ4n) is 5.62. The highest BCUT2D eigenvalue weighted by Gasteiger charge is 2.28. The zero-order valence-corrected chi connectivity index (χ0v) is 23.4. The van der Waals surface area contributed by atoms with Gasteiger partial charge in [0.1, 0.15) is 11.5 Å². The Morgan fingerprint density at radius 2 is 1.27 bits per heavy atom. The monoisotopic (exact) mass is 533 g/mol. The average Bonchev–Trinajstić information content (AvgIpc) is 3.04. The van der Waals surface area contributed by atoms with E-state index in [0.29, 0.717) is 5.92 Å². The van der Waals surface area contributed by atoms with Gasteiger partial charge in [0.15, 0.2) is 0 Å². The summed E-state index contributed by atoms with van der Waals surface area (Å²) in [6, 6.07) is 40.3. The highest BCUT2D eigenvalue weighted by Crippen LogP contribution is 2.34. The molecule has 0 aliphatic heterocycles. The van der Waals surface area contributed by atoms with Gasteiger partial charge in [-0.05, 0) is 77.1 Å². The van der Waals surface area contributed by atoms with Crippen LogP contribution >= 0.6 is 0 Å². The number of hydrogen-bond acceptors (Lipinski definition) is 2. The molecule has 0 spiro atoms. The minimum absolute atomic E-state index is 0.244. The molecule has 0 radical (unpaired) electrons. The van der Waals surface area contributed by atoms with Crippen LogP contribution in [0, 0.1) is 5.92 Å². The van der Waals surface area contributed by atoms with Crippen LogP contribution in [0.1, 0.15) is 24.5 Å². The fourth-order valence-corrected chi connectivity index (χ4v) is 5.62. The molecule has 202 valence electrons. The van der Waals surface area contributed by atoms with Crippen LogP contribution < -0.4 is 9.64 Å². The topological polar surface area (TPSA) is 12.5 Å². The van der Waals surface area contributed by atoms with Gasteiger partial charge in [-0.1, -0.05) is 128 Å². The van der Waals surface area contributed by atoms with E-state index in [1.165, 1.54) is 28.0 Å². The van der Waals surface area contributed by atoms with Crippen molar-refractivity contribution in [2.24, 2.45) is 5.92 Å². The molecule has 4 aromatic rings. The maximum absolute atomic E-state index is 6.08. The first-order chi connectivity index (χ1) is 20.2. The first kappa shape index (κ1) is 26.4. The van der Waals surface area contributed by atoms with Crippen LogP contribution in [0.4, 0.5) is 5.69 Å². The van der Waals surface area contributed by atoms with Crippen LogP contribution in [0.15, 0.2) is 169 Å². The Hall–Kier alpha value is -4.82. The second-order valence-corrected chi connectivity index (χ2v) is 10.6. The van der Waals surface area contributed by atoms with E-state index in [1.54, 1.807) is 0 Å². The number of hydrogen-bond donors (Lipinski definition) is 0. The minimum atomic E-state index is 0.244. The van der Waals surface area contributed by atoms with Crippen molar-refractivity contribution < 1.29 is 4.74 Å². The lowest BCUT2D eigenvalue weighted by Crippen LogP contribution is -2.45. The zero-order valence-electron chi connectivity index (χ0n) is 23.4. The van der Waals surface area contributed by atoms with Crippen molar-refractivity contribution in [2.45, 2.75) is 25.4 Å². The van der Waals surface area contributed by atoms with Crippen molar-refractivity contribution in [3.05, 3.63) is 181 Å². The largest absolute Gasteiger partial charge is 0.457 e. The number of ether oxygens (including phenoxy) is 1. The van der Waals surface area contributed by atoms with Crippen LogP contribution in [0.25, 0.3) is 5.57 Å². The lowest BCUT2D eigenvalue weighted by Gasteiger charge is -2.41. The molecule has 3 atom stereocenters. The smallest absolute Gasteiger partial charge is 0.127 e. The molecule has 0 aromatic heterocycles. The highest BCUT2D eigenvalue weighted by molar-refractivity contribution is 5.82. The van der Waals surface area contributed by atoms with E-state index in [1.807, 2.05) is 30.3 Å². The Kier molecular flexibility index (Phi) is 8.10. The van der Waals surface area contributed by atoms with Crippen LogP contribution in [-0.4, -0.2) is 12.1 Å². The third kappa shape index (κ3) is 6.34. The van der Waals surface area contributed by atoms with Crippen LogP contribution in [0.3, 0.4) is 0 Å². The van der Waals surface area contributed by atoms with E-state index in [0.717, 1.165) is 17.9 Å². The maximum atomic E-state index is 6.08. The summed E-state index contributed by atoms with van der Waals surface area (Å²) in [5, 5.41) is 0. The summed E-state index contributed by atoms with van der Waals surface area (Å²) < 4.78 is 6.08. The summed E-state index contributed by atoms with van der Waals surface area (Å²) >= 11 is 0. The van der Waals surface area contributed by atoms with Gasteiger partial charge in [0.05, 0.1) is 12.1 Å². The van der Waals surface area contributed by atoms with Crippen LogP contribution in [-0.2, 0) is 0 Å². The summed E-state index contributed by atoms with van der Waals surface area (Å²) in [5.74, 6) is 2.09. The van der Waals surface area contributed by atoms with Gasteiger partial charge in [-0.3, -0.25) is 0 Å². The molecule has 0 bridgehead atoms. The van der Waals surface area contributed by atoms with Crippen molar-refractivity contribution in [1.29, 1.82) is 0 Å². The molecule has 3 unspecified atom stereocenters. The number of anilines is 1. The molecule has 0 N–H and O–H groups in total. The molecule has 2 aliphatic carbocycles. The molecule has 4 aromatic carbocycles. The van der Waals surface area contributed by atoms with E-state index in [2.05, 4.69) is 145 Å². The molecule has 0 fully saturated rings. The van der Waals surface area contributed by atoms with Crippen molar-refractivity contribution in [3.8, 4) is 11.5 Å². The van der Waals surface area contributed by atoms with E-state index in [9.17, 15) is 0 Å². The number of rotatable bonds is 8. The predicted molar refractivity (Wildman–Crippen MR) is 172 cm³/mol. The Morgan fingerprint density at radius 3 is 1.85 bits per heavy atom. The quantitative estimate of drug-likeness (QED) is 0.223. The molecule has 0 saturated heterocycles. The van der Waals surface area contributed by atoms with E-state index in [-0.39, 0.29) is 12.1 Å². The van der Waals surface area contributed by atoms with Crippen LogP contribution in [0.2, 0.25) is 0 Å². The molecule has 6 rings (SSSR count). The van der Waals surface area contributed by atoms with Crippen molar-refractivity contribution in [2.75, 3.05) is 4.90 Å². The van der Waals surface area contributed by atoms with Gasteiger partial charge in [0.2, 0.25) is 0 Å². The second-order valence-electron chi connectivity index (χ2n) is 10.6. The Morgan fingerprint density at radius 1 is 0.683 bits per heavy atom. The molecule has 0 saturated carbocycles. The van der Waals surface area contributed by atoms with Gasteiger partial charge >= 0.3 is 0 Å². The third-order valence-electron chi connectivity index (χ3n) is 7.75. The number of para-hydroxylation sites is 1. The molecule has 0 heterocycles. The van der Waals surface area contributed by atoms with Gasteiger partial charge < -0.3 is 9.64 Å². The van der Waals surface area contributed by atoms with Gasteiger partial charge in [0.25, 0.3) is 0 Å². The van der Waals surface area contributed by atoms with Crippen molar-refractivity contribution in [1.82, 2.24) is 0 Å². The van der Waals surface area contributed by atoms with E-state index < -0.39 is 0 Å². The zero-order chi connectivity index (χ0) is 27.9. The predicted octanol–water partition coefficient (Wildman–Crippen LogP) is 9.80. The Balaban J connectivity index is 1.27. The molecular formula is C39H35NO. The van der Waals surface area contributed by atoms with E-state index >= 15 is 0 Å². The average molecular weight is 534 g/mol. The SMILES string of the molecule is CC1C=CC=CC1N(c1ccc(Oc2ccccc2)cc1)C1C=CC(C=C(c2ccccc2)c2ccccc2)=CC1. The standard InChI is InChI=1S/C39H35NO/c1-30-13-11-12-20-39(30)40(35-25-27-37(28-26-35)41-36-18-9-4-10-19-36)34-23-21-31(22-24-34)29-38(32-14-5-2-6-15-32)33-16-7-3-8-17-33/h2-23,25-30,34,39H,24H2,1H3. The number of benzene rings is 4. The van der Waals surface area contributed by atoms with Gasteiger partial charge in [-0.15, -0.1) is 0 Å². The summed E-state index contributed by atoms with van der Waals surface area (Å²) in [4.78, 5) is 2.56. The lowest BCUT2D eigenvalue weighted by molar-refractivity contribution is 0.482. The molecule has 0 amide bonds. The minimum Gasteiger partial charge on any atom is -0.457 e. The van der Waals surface area contributed by atoms with Crippen molar-refractivity contribution >= 4 is 11.3 Å².